The van der Waals surface area contributed by atoms with Crippen LogP contribution in [0.3, 0.4) is 0 Å². The van der Waals surface area contributed by atoms with Crippen molar-refractivity contribution in [2.45, 2.75) is 19.8 Å². The Morgan fingerprint density at radius 2 is 1.41 bits per heavy atom. The molecule has 0 unspecified atom stereocenters. The van der Waals surface area contributed by atoms with Crippen molar-refractivity contribution >= 4 is 5.71 Å². The van der Waals surface area contributed by atoms with Gasteiger partial charge in [-0.1, -0.05) is 85.3 Å². The zero-order valence-corrected chi connectivity index (χ0v) is 28.1. The minimum atomic E-state index is 0. The van der Waals surface area contributed by atoms with Gasteiger partial charge in [0.15, 0.2) is 0 Å². The third-order valence-electron chi connectivity index (χ3n) is 6.89. The number of aliphatic imine (C=N–C) groups is 1. The second-order valence-corrected chi connectivity index (χ2v) is 10.1. The molecule has 0 fully saturated rings. The number of benzene rings is 3. The van der Waals surface area contributed by atoms with Gasteiger partial charge in [0.1, 0.15) is 0 Å². The Hall–Kier alpha value is -5.02. The maximum absolute atomic E-state index is 4.55. The van der Waals surface area contributed by atoms with Gasteiger partial charge in [-0.25, -0.2) is 0 Å². The van der Waals surface area contributed by atoms with Crippen molar-refractivity contribution in [3.05, 3.63) is 194 Å². The molecule has 0 bridgehead atoms. The normalized spacial score (nSPS) is 12.9. The molecular formula is C42H34IrN3. The number of nitrogens with zero attached hydrogens (tertiary/aromatic N) is 3. The van der Waals surface area contributed by atoms with Gasteiger partial charge in [0.25, 0.3) is 0 Å². The molecule has 0 saturated heterocycles. The van der Waals surface area contributed by atoms with E-state index in [1.165, 1.54) is 16.7 Å². The maximum Gasteiger partial charge on any atom is 3.00 e. The topological polar surface area (TPSA) is 38.1 Å². The van der Waals surface area contributed by atoms with E-state index < -0.39 is 0 Å². The molecule has 5 aromatic rings. The first kappa shape index (κ1) is 33.9. The third kappa shape index (κ3) is 10.3. The van der Waals surface area contributed by atoms with Crippen molar-refractivity contribution in [1.29, 1.82) is 0 Å². The van der Waals surface area contributed by atoms with Crippen LogP contribution >= 0.6 is 0 Å². The number of pyridine rings is 2. The van der Waals surface area contributed by atoms with Gasteiger partial charge in [0.05, 0.1) is 0 Å². The van der Waals surface area contributed by atoms with E-state index in [0.29, 0.717) is 0 Å². The fourth-order valence-electron chi connectivity index (χ4n) is 4.61. The Kier molecular flexibility index (Phi) is 13.8. The second kappa shape index (κ2) is 18.7. The summed E-state index contributed by atoms with van der Waals surface area (Å²) in [6.07, 6.45) is 25.1. The fraction of sp³-hybridized carbons (Fsp3) is 0.0714. The summed E-state index contributed by atoms with van der Waals surface area (Å²) in [6.45, 7) is 2.12. The summed E-state index contributed by atoms with van der Waals surface area (Å²) in [5.74, 6) is 0. The van der Waals surface area contributed by atoms with Crippen LogP contribution in [0, 0.1) is 25.1 Å². The first-order chi connectivity index (χ1) is 22.3. The molecule has 2 aliphatic rings. The molecule has 0 atom stereocenters. The molecule has 0 saturated carbocycles. The molecule has 0 radical (unpaired) electrons. The molecule has 7 rings (SSSR count). The first-order valence-corrected chi connectivity index (χ1v) is 15.0. The molecule has 0 N–H and O–H groups in total. The van der Waals surface area contributed by atoms with Gasteiger partial charge < -0.3 is 15.0 Å². The van der Waals surface area contributed by atoms with Crippen molar-refractivity contribution in [3.63, 3.8) is 0 Å². The molecule has 1 aliphatic heterocycles. The molecule has 0 spiro atoms. The van der Waals surface area contributed by atoms with E-state index in [1.54, 1.807) is 6.20 Å². The number of aryl methyl sites for hydroxylation is 1. The maximum atomic E-state index is 4.55. The molecule has 3 heterocycles. The van der Waals surface area contributed by atoms with Gasteiger partial charge in [-0.3, -0.25) is 0 Å². The monoisotopic (exact) mass is 773 g/mol. The van der Waals surface area contributed by atoms with E-state index in [2.05, 4.69) is 76.5 Å². The zero-order chi connectivity index (χ0) is 30.9. The Morgan fingerprint density at radius 3 is 2.11 bits per heavy atom. The Balaban J connectivity index is 0.000000160. The molecule has 4 heteroatoms. The van der Waals surface area contributed by atoms with Crippen LogP contribution in [0.5, 0.6) is 0 Å². The van der Waals surface area contributed by atoms with Crippen LogP contribution in [-0.4, -0.2) is 15.7 Å². The number of hydrogen-bond acceptors (Lipinski definition) is 3. The third-order valence-corrected chi connectivity index (χ3v) is 6.89. The predicted molar refractivity (Wildman–Crippen MR) is 187 cm³/mol. The average molecular weight is 773 g/mol. The van der Waals surface area contributed by atoms with Gasteiger partial charge >= 0.3 is 20.1 Å². The second-order valence-electron chi connectivity index (χ2n) is 10.1. The van der Waals surface area contributed by atoms with E-state index in [9.17, 15) is 0 Å². The largest absolute Gasteiger partial charge is 3.00 e. The van der Waals surface area contributed by atoms with Crippen molar-refractivity contribution in [2.75, 3.05) is 0 Å². The minimum absolute atomic E-state index is 0. The van der Waals surface area contributed by atoms with E-state index >= 15 is 0 Å². The Bertz CT molecular complexity index is 1780. The van der Waals surface area contributed by atoms with Gasteiger partial charge in [0.2, 0.25) is 0 Å². The van der Waals surface area contributed by atoms with Gasteiger partial charge in [0, 0.05) is 24.2 Å². The van der Waals surface area contributed by atoms with E-state index in [4.69, 9.17) is 0 Å². The number of aromatic nitrogens is 2. The summed E-state index contributed by atoms with van der Waals surface area (Å²) >= 11 is 0. The summed E-state index contributed by atoms with van der Waals surface area (Å²) in [5.41, 5.74) is 9.71. The summed E-state index contributed by atoms with van der Waals surface area (Å²) < 4.78 is 0. The van der Waals surface area contributed by atoms with E-state index in [0.717, 1.165) is 46.6 Å². The van der Waals surface area contributed by atoms with Crippen molar-refractivity contribution < 1.29 is 20.1 Å². The molecule has 3 nitrogen and oxygen atoms in total. The van der Waals surface area contributed by atoms with E-state index in [-0.39, 0.29) is 20.1 Å². The summed E-state index contributed by atoms with van der Waals surface area (Å²) in [7, 11) is 0. The van der Waals surface area contributed by atoms with Gasteiger partial charge in [-0.05, 0) is 47.6 Å². The van der Waals surface area contributed by atoms with Crippen LogP contribution < -0.4 is 0 Å². The fourth-order valence-corrected chi connectivity index (χ4v) is 4.61. The molecule has 1 aliphatic carbocycles. The van der Waals surface area contributed by atoms with Crippen molar-refractivity contribution in [2.24, 2.45) is 4.99 Å². The van der Waals surface area contributed by atoms with Crippen LogP contribution in [-0.2, 0) is 20.1 Å². The van der Waals surface area contributed by atoms with Crippen molar-refractivity contribution in [3.8, 4) is 33.6 Å². The number of rotatable bonds is 4. The molecule has 46 heavy (non-hydrogen) atoms. The van der Waals surface area contributed by atoms with Gasteiger partial charge in [-0.2, -0.15) is 17.7 Å². The Labute approximate surface area is 286 Å². The quantitative estimate of drug-likeness (QED) is 0.171. The zero-order valence-electron chi connectivity index (χ0n) is 25.7. The Morgan fingerprint density at radius 1 is 0.674 bits per heavy atom. The molecule has 2 aromatic heterocycles. The van der Waals surface area contributed by atoms with Crippen LogP contribution in [0.2, 0.25) is 0 Å². The molecule has 226 valence electrons. The van der Waals surface area contributed by atoms with Crippen LogP contribution in [0.25, 0.3) is 33.6 Å². The van der Waals surface area contributed by atoms with Crippen molar-refractivity contribution in [1.82, 2.24) is 9.97 Å². The van der Waals surface area contributed by atoms with Crippen LogP contribution in [0.1, 0.15) is 18.4 Å². The van der Waals surface area contributed by atoms with Crippen LogP contribution in [0.4, 0.5) is 0 Å². The standard InChI is InChI=1S/C18H14N.C13H12N.C11H8N.Ir/c1-14-12-18(16-10-6-3-7-11-16)19-13-17(14)15-8-4-2-5-9-15;1-2-5-9-12(8-4-1)13-10-6-3-7-11-14-13;1-2-6-10(7-3-1)11-8-4-5-9-12-11;/h2-10,12-13H,1H3;1-2,4,6-8,10-11H,3,5H2;1-6,8-9H;/q3*-1;+3. The molecule has 0 amide bonds. The summed E-state index contributed by atoms with van der Waals surface area (Å²) in [5, 5.41) is 0. The number of hydrogen-bond donors (Lipinski definition) is 0. The van der Waals surface area contributed by atoms with Crippen LogP contribution in [0.15, 0.2) is 175 Å². The SMILES string of the molecule is Cc1cc(-c2[c-]cccc2)ncc1-c1ccccc1.[C-]1=C(C2=NC=CCC=C2)C=CC=CC1.[Ir+3].[c-]1ccccc1-c1ccccn1. The van der Waals surface area contributed by atoms with E-state index in [1.807, 2.05) is 122 Å². The summed E-state index contributed by atoms with van der Waals surface area (Å²) in [6, 6.07) is 40.4. The number of allylic oxidation sites excluding steroid dienone is 9. The predicted octanol–water partition coefficient (Wildman–Crippen LogP) is 10.2. The smallest absolute Gasteiger partial charge is 0.321 e. The first-order valence-electron chi connectivity index (χ1n) is 15.0. The summed E-state index contributed by atoms with van der Waals surface area (Å²) in [4.78, 5) is 13.1. The molecular weight excluding hydrogens is 739 g/mol. The minimum Gasteiger partial charge on any atom is -0.321 e. The van der Waals surface area contributed by atoms with Gasteiger partial charge in [-0.15, -0.1) is 77.9 Å². The molecule has 3 aromatic carbocycles. The average Bonchev–Trinajstić information content (AvgIpc) is 3.57.